The molecule has 2 N–H and O–H groups in total. The summed E-state index contributed by atoms with van der Waals surface area (Å²) in [5, 5.41) is 12.0. The maximum absolute atomic E-state index is 13.9. The van der Waals surface area contributed by atoms with Gasteiger partial charge in [-0.2, -0.15) is 0 Å². The number of hydrogen-bond acceptors (Lipinski definition) is 3. The van der Waals surface area contributed by atoms with Crippen LogP contribution in [-0.2, 0) is 11.3 Å². The van der Waals surface area contributed by atoms with Gasteiger partial charge in [-0.05, 0) is 31.5 Å². The van der Waals surface area contributed by atoms with E-state index < -0.39 is 28.8 Å². The smallest absolute Gasteiger partial charge is 0.312 e. The molecule has 0 atom stereocenters. The lowest BCUT2D eigenvalue weighted by Crippen LogP contribution is -2.31. The van der Waals surface area contributed by atoms with Crippen molar-refractivity contribution >= 4 is 5.97 Å². The van der Waals surface area contributed by atoms with E-state index in [0.717, 1.165) is 0 Å². The molecule has 0 bridgehead atoms. The first-order valence-electron chi connectivity index (χ1n) is 6.71. The fourth-order valence-electron chi connectivity index (χ4n) is 1.49. The average Bonchev–Trinajstić information content (AvgIpc) is 2.35. The van der Waals surface area contributed by atoms with Crippen molar-refractivity contribution in [3.63, 3.8) is 0 Å². The largest absolute Gasteiger partial charge is 0.486 e. The van der Waals surface area contributed by atoms with E-state index in [-0.39, 0.29) is 12.6 Å². The third-order valence-corrected chi connectivity index (χ3v) is 2.93. The van der Waals surface area contributed by atoms with Crippen molar-refractivity contribution in [3.05, 3.63) is 29.3 Å². The third-order valence-electron chi connectivity index (χ3n) is 2.93. The van der Waals surface area contributed by atoms with Gasteiger partial charge in [-0.15, -0.1) is 0 Å². The highest BCUT2D eigenvalue weighted by Crippen LogP contribution is 2.26. The van der Waals surface area contributed by atoms with E-state index in [1.165, 1.54) is 26.0 Å². The first kappa shape index (κ1) is 17.4. The van der Waals surface area contributed by atoms with Gasteiger partial charge in [-0.25, -0.2) is 8.78 Å². The number of carboxylic acid groups (broad SMARTS) is 1. The van der Waals surface area contributed by atoms with Crippen LogP contribution in [0.25, 0.3) is 0 Å². The van der Waals surface area contributed by atoms with Gasteiger partial charge in [0.25, 0.3) is 0 Å². The summed E-state index contributed by atoms with van der Waals surface area (Å²) >= 11 is 0. The van der Waals surface area contributed by atoms with Crippen LogP contribution in [0.5, 0.6) is 5.75 Å². The van der Waals surface area contributed by atoms with Crippen molar-refractivity contribution in [2.24, 2.45) is 5.41 Å². The lowest BCUT2D eigenvalue weighted by Gasteiger charge is -2.20. The van der Waals surface area contributed by atoms with Crippen LogP contribution in [0.15, 0.2) is 12.1 Å². The van der Waals surface area contributed by atoms with Crippen LogP contribution in [0.3, 0.4) is 0 Å². The van der Waals surface area contributed by atoms with Gasteiger partial charge in [0, 0.05) is 12.6 Å². The molecule has 0 saturated heterocycles. The average molecular weight is 301 g/mol. The normalized spacial score (nSPS) is 11.8. The van der Waals surface area contributed by atoms with Gasteiger partial charge >= 0.3 is 5.97 Å². The van der Waals surface area contributed by atoms with E-state index >= 15 is 0 Å². The minimum atomic E-state index is -1.23. The fraction of sp³-hybridized carbons (Fsp3) is 0.533. The number of hydrogen-bond donors (Lipinski definition) is 2. The van der Waals surface area contributed by atoms with Crippen LogP contribution in [0.1, 0.15) is 33.3 Å². The van der Waals surface area contributed by atoms with Gasteiger partial charge < -0.3 is 15.2 Å². The van der Waals surface area contributed by atoms with Gasteiger partial charge in [0.2, 0.25) is 0 Å². The molecule has 1 aromatic rings. The second kappa shape index (κ2) is 6.85. The van der Waals surface area contributed by atoms with E-state index in [1.807, 2.05) is 13.8 Å². The Morgan fingerprint density at radius 2 is 1.86 bits per heavy atom. The summed E-state index contributed by atoms with van der Waals surface area (Å²) in [5.74, 6) is -3.31. The number of carbonyl (C=O) groups is 1. The van der Waals surface area contributed by atoms with Crippen molar-refractivity contribution in [3.8, 4) is 5.75 Å². The van der Waals surface area contributed by atoms with E-state index in [2.05, 4.69) is 5.32 Å². The summed E-state index contributed by atoms with van der Waals surface area (Å²) in [6.45, 7) is 6.72. The highest BCUT2D eigenvalue weighted by atomic mass is 19.1. The van der Waals surface area contributed by atoms with Crippen LogP contribution in [0.2, 0.25) is 0 Å². The Labute approximate surface area is 123 Å². The Morgan fingerprint density at radius 1 is 1.33 bits per heavy atom. The zero-order valence-corrected chi connectivity index (χ0v) is 12.7. The van der Waals surface area contributed by atoms with Crippen LogP contribution in [0, 0.1) is 17.0 Å². The van der Waals surface area contributed by atoms with Gasteiger partial charge in [0.15, 0.2) is 17.4 Å². The standard InChI is InChI=1S/C15H21F2NO3/c1-9(2)18-7-10-5-11(16)13(12(17)6-10)21-8-15(3,4)14(19)20/h5-6,9,18H,7-8H2,1-4H3,(H,19,20). The van der Waals surface area contributed by atoms with Crippen molar-refractivity contribution in [2.45, 2.75) is 40.3 Å². The van der Waals surface area contributed by atoms with Gasteiger partial charge in [-0.3, -0.25) is 4.79 Å². The maximum Gasteiger partial charge on any atom is 0.312 e. The first-order chi connectivity index (χ1) is 9.63. The van der Waals surface area contributed by atoms with E-state index in [4.69, 9.17) is 9.84 Å². The summed E-state index contributed by atoms with van der Waals surface area (Å²) in [6, 6.07) is 2.56. The van der Waals surface area contributed by atoms with Crippen LogP contribution in [0.4, 0.5) is 8.78 Å². The molecule has 21 heavy (non-hydrogen) atoms. The molecule has 4 nitrogen and oxygen atoms in total. The molecule has 6 heteroatoms. The minimum Gasteiger partial charge on any atom is -0.486 e. The molecular formula is C15H21F2NO3. The Morgan fingerprint density at radius 3 is 2.29 bits per heavy atom. The highest BCUT2D eigenvalue weighted by molar-refractivity contribution is 5.73. The number of ether oxygens (including phenoxy) is 1. The van der Waals surface area contributed by atoms with Crippen LogP contribution in [-0.4, -0.2) is 23.7 Å². The number of carboxylic acids is 1. The SMILES string of the molecule is CC(C)NCc1cc(F)c(OCC(C)(C)C(=O)O)c(F)c1. The Bertz CT molecular complexity index is 493. The van der Waals surface area contributed by atoms with Gasteiger partial charge in [0.05, 0.1) is 5.41 Å². The van der Waals surface area contributed by atoms with E-state index in [1.54, 1.807) is 0 Å². The second-order valence-corrected chi connectivity index (χ2v) is 5.90. The summed E-state index contributed by atoms with van der Waals surface area (Å²) < 4.78 is 32.8. The van der Waals surface area contributed by atoms with Crippen molar-refractivity contribution in [1.82, 2.24) is 5.32 Å². The topological polar surface area (TPSA) is 58.6 Å². The molecule has 0 amide bonds. The highest BCUT2D eigenvalue weighted by Gasteiger charge is 2.29. The second-order valence-electron chi connectivity index (χ2n) is 5.90. The summed E-state index contributed by atoms with van der Waals surface area (Å²) in [6.07, 6.45) is 0. The van der Waals surface area contributed by atoms with E-state index in [9.17, 15) is 13.6 Å². The molecule has 0 saturated carbocycles. The molecule has 0 aliphatic carbocycles. The van der Waals surface area contributed by atoms with Crippen molar-refractivity contribution in [2.75, 3.05) is 6.61 Å². The third kappa shape index (κ3) is 4.97. The van der Waals surface area contributed by atoms with Crippen LogP contribution < -0.4 is 10.1 Å². The molecule has 0 fully saturated rings. The molecule has 0 heterocycles. The number of rotatable bonds is 7. The molecule has 0 aliphatic rings. The van der Waals surface area contributed by atoms with Gasteiger partial charge in [-0.1, -0.05) is 13.8 Å². The summed E-state index contributed by atoms with van der Waals surface area (Å²) in [5.41, 5.74) is -0.764. The number of aliphatic carboxylic acids is 1. The summed E-state index contributed by atoms with van der Waals surface area (Å²) in [4.78, 5) is 10.9. The Balaban J connectivity index is 2.83. The quantitative estimate of drug-likeness (QED) is 0.813. The lowest BCUT2D eigenvalue weighted by atomic mass is 9.95. The molecule has 0 unspecified atom stereocenters. The van der Waals surface area contributed by atoms with Crippen molar-refractivity contribution < 1.29 is 23.4 Å². The predicted octanol–water partition coefficient (Wildman–Crippen LogP) is 2.95. The molecule has 1 rings (SSSR count). The fourth-order valence-corrected chi connectivity index (χ4v) is 1.49. The summed E-state index contributed by atoms with van der Waals surface area (Å²) in [7, 11) is 0. The first-order valence-corrected chi connectivity index (χ1v) is 6.71. The zero-order valence-electron chi connectivity index (χ0n) is 12.7. The zero-order chi connectivity index (χ0) is 16.2. The Hall–Kier alpha value is -1.69. The van der Waals surface area contributed by atoms with Crippen LogP contribution >= 0.6 is 0 Å². The molecule has 0 aliphatic heterocycles. The van der Waals surface area contributed by atoms with E-state index in [0.29, 0.717) is 12.1 Å². The maximum atomic E-state index is 13.9. The monoisotopic (exact) mass is 301 g/mol. The number of halogens is 2. The molecule has 118 valence electrons. The number of nitrogens with one attached hydrogen (secondary N) is 1. The molecule has 1 aromatic carbocycles. The molecular weight excluding hydrogens is 280 g/mol. The molecule has 0 radical (unpaired) electrons. The minimum absolute atomic E-state index is 0.198. The number of benzene rings is 1. The molecule has 0 spiro atoms. The Kier molecular flexibility index (Phi) is 5.66. The van der Waals surface area contributed by atoms with Gasteiger partial charge in [0.1, 0.15) is 6.61 Å². The lowest BCUT2D eigenvalue weighted by molar-refractivity contribution is -0.148. The predicted molar refractivity (Wildman–Crippen MR) is 75.2 cm³/mol. The molecule has 0 aromatic heterocycles. The van der Waals surface area contributed by atoms with Crippen molar-refractivity contribution in [1.29, 1.82) is 0 Å².